The number of hydrogen-bond acceptors (Lipinski definition) is 6. The van der Waals surface area contributed by atoms with Crippen LogP contribution in [0, 0.1) is 18.8 Å². The van der Waals surface area contributed by atoms with Gasteiger partial charge in [-0.25, -0.2) is 16.8 Å². The molecule has 7 rings (SSSR count). The summed E-state index contributed by atoms with van der Waals surface area (Å²) in [7, 11) is -6.29. The summed E-state index contributed by atoms with van der Waals surface area (Å²) in [5.41, 5.74) is 2.56. The molecule has 8 heteroatoms. The van der Waals surface area contributed by atoms with Crippen LogP contribution >= 0.6 is 0 Å². The van der Waals surface area contributed by atoms with Gasteiger partial charge < -0.3 is 4.74 Å². The van der Waals surface area contributed by atoms with Gasteiger partial charge in [0.25, 0.3) is 0 Å². The Morgan fingerprint density at radius 2 is 1.27 bits per heavy atom. The first-order chi connectivity index (χ1) is 23.1. The minimum atomic E-state index is -3.98. The van der Waals surface area contributed by atoms with Gasteiger partial charge in [0.2, 0.25) is 0 Å². The normalized spacial score (nSPS) is 24.6. The van der Waals surface area contributed by atoms with E-state index in [-0.39, 0.29) is 34.8 Å². The molecule has 0 N–H and O–H groups in total. The van der Waals surface area contributed by atoms with Crippen molar-refractivity contribution in [3.05, 3.63) is 138 Å². The number of fused-ring (bicyclic) bond motifs is 2. The van der Waals surface area contributed by atoms with E-state index in [2.05, 4.69) is 0 Å². The maximum atomic E-state index is 15.0. The number of benzene rings is 5. The predicted molar refractivity (Wildman–Crippen MR) is 188 cm³/mol. The Bertz CT molecular complexity index is 2170. The summed E-state index contributed by atoms with van der Waals surface area (Å²) in [5, 5.41) is 0.0578. The molecule has 6 nitrogen and oxygen atoms in total. The zero-order chi connectivity index (χ0) is 33.6. The number of ketones is 1. The second kappa shape index (κ2) is 12.6. The molecule has 0 heterocycles. The van der Waals surface area contributed by atoms with Crippen molar-refractivity contribution >= 4 is 36.2 Å². The molecule has 2 saturated carbocycles. The van der Waals surface area contributed by atoms with Crippen LogP contribution in [0.25, 0.3) is 10.8 Å². The second-order valence-electron chi connectivity index (χ2n) is 13.2. The van der Waals surface area contributed by atoms with E-state index in [4.69, 9.17) is 4.74 Å². The minimum Gasteiger partial charge on any atom is -0.497 e. The van der Waals surface area contributed by atoms with Gasteiger partial charge in [0, 0.05) is 24.2 Å². The number of hydrogen-bond donors (Lipinski definition) is 0. The maximum absolute atomic E-state index is 15.0. The van der Waals surface area contributed by atoms with Crippen molar-refractivity contribution in [1.29, 1.82) is 0 Å². The molecule has 0 amide bonds. The van der Waals surface area contributed by atoms with E-state index in [1.807, 2.05) is 61.5 Å². The summed E-state index contributed by atoms with van der Waals surface area (Å²) < 4.78 is 64.1. The third-order valence-electron chi connectivity index (χ3n) is 10.6. The van der Waals surface area contributed by atoms with Gasteiger partial charge in [-0.3, -0.25) is 4.79 Å². The molecule has 0 saturated heterocycles. The van der Waals surface area contributed by atoms with E-state index >= 15 is 0 Å². The van der Waals surface area contributed by atoms with E-state index in [0.29, 0.717) is 5.75 Å². The fraction of sp³-hybridized carbons (Fsp3) is 0.275. The number of aryl methyl sites for hydroxylation is 1. The maximum Gasteiger partial charge on any atom is 0.182 e. The van der Waals surface area contributed by atoms with Crippen molar-refractivity contribution in [3.8, 4) is 5.75 Å². The number of carbonyl (C=O) groups excluding carboxylic acids is 1. The number of sulfone groups is 2. The Balaban J connectivity index is 1.41. The Hall–Kier alpha value is -4.27. The van der Waals surface area contributed by atoms with E-state index in [9.17, 15) is 21.6 Å². The first kappa shape index (κ1) is 32.3. The first-order valence-corrected chi connectivity index (χ1v) is 19.4. The molecular weight excluding hydrogens is 641 g/mol. The summed E-state index contributed by atoms with van der Waals surface area (Å²) in [4.78, 5) is 14.8. The van der Waals surface area contributed by atoms with Crippen LogP contribution in [0.15, 0.2) is 131 Å². The molecule has 5 unspecified atom stereocenters. The lowest BCUT2D eigenvalue weighted by Gasteiger charge is -2.48. The van der Waals surface area contributed by atoms with Gasteiger partial charge in [-0.05, 0) is 84.0 Å². The Morgan fingerprint density at radius 1 is 0.625 bits per heavy atom. The van der Waals surface area contributed by atoms with Crippen LogP contribution in [0.5, 0.6) is 5.75 Å². The number of rotatable bonds is 7. The minimum absolute atomic E-state index is 0.0240. The first-order valence-electron chi connectivity index (χ1n) is 16.3. The number of carbonyl (C=O) groups is 1. The van der Waals surface area contributed by atoms with E-state index < -0.39 is 53.8 Å². The SMILES string of the molecule is COc1ccc(C2C[C@H]3C(CC2S(=O)(=O)c2ccccc2)C(=O)CC(c2cccc4ccccc24)C3S(=O)(=O)c2ccc(C)cc2)cc1. The van der Waals surface area contributed by atoms with Gasteiger partial charge in [0.1, 0.15) is 11.5 Å². The lowest BCUT2D eigenvalue weighted by atomic mass is 9.61. The molecule has 246 valence electrons. The standard InChI is InChI=1S/C40H38O6S2/c1-26-15-21-31(22-16-26)48(44,45)40-36-23-34(28-17-19-29(46-2)20-18-28)39(47(42,43)30-11-4-3-5-12-30)25-35(36)38(41)24-37(40)33-14-8-10-27-9-6-7-13-32(27)33/h3-22,34-37,39-40H,23-25H2,1-2H3/t34?,35?,36-,37?,39?,40?/m0/s1. The zero-order valence-corrected chi connectivity index (χ0v) is 28.5. The van der Waals surface area contributed by atoms with Crippen molar-refractivity contribution in [2.24, 2.45) is 11.8 Å². The highest BCUT2D eigenvalue weighted by atomic mass is 32.2. The van der Waals surface area contributed by atoms with Crippen molar-refractivity contribution in [2.75, 3.05) is 7.11 Å². The highest BCUT2D eigenvalue weighted by molar-refractivity contribution is 7.92. The second-order valence-corrected chi connectivity index (χ2v) is 17.5. The van der Waals surface area contributed by atoms with Crippen molar-refractivity contribution in [1.82, 2.24) is 0 Å². The lowest BCUT2D eigenvalue weighted by Crippen LogP contribution is -2.53. The average molecular weight is 679 g/mol. The molecule has 6 atom stereocenters. The topological polar surface area (TPSA) is 94.6 Å². The fourth-order valence-corrected chi connectivity index (χ4v) is 12.6. The van der Waals surface area contributed by atoms with Gasteiger partial charge >= 0.3 is 0 Å². The number of Topliss-reactive ketones (excluding diaryl/α,β-unsaturated/α-hetero) is 1. The quantitative estimate of drug-likeness (QED) is 0.175. The van der Waals surface area contributed by atoms with Crippen LogP contribution in [0.4, 0.5) is 0 Å². The molecule has 2 fully saturated rings. The van der Waals surface area contributed by atoms with Crippen molar-refractivity contribution < 1.29 is 26.4 Å². The molecule has 5 aromatic carbocycles. The number of methoxy groups -OCH3 is 1. The van der Waals surface area contributed by atoms with Crippen LogP contribution in [0.3, 0.4) is 0 Å². The molecule has 2 aliphatic carbocycles. The van der Waals surface area contributed by atoms with Gasteiger partial charge in [-0.1, -0.05) is 90.5 Å². The predicted octanol–water partition coefficient (Wildman–Crippen LogP) is 7.71. The molecule has 2 aliphatic rings. The average Bonchev–Trinajstić information content (AvgIpc) is 3.11. The summed E-state index contributed by atoms with van der Waals surface area (Å²) in [6.45, 7) is 1.92. The van der Waals surface area contributed by atoms with Gasteiger partial charge in [0.15, 0.2) is 19.7 Å². The van der Waals surface area contributed by atoms with Crippen molar-refractivity contribution in [2.45, 2.75) is 58.3 Å². The van der Waals surface area contributed by atoms with Gasteiger partial charge in [-0.15, -0.1) is 0 Å². The molecule has 0 spiro atoms. The van der Waals surface area contributed by atoms with Gasteiger partial charge in [0.05, 0.1) is 27.4 Å². The molecular formula is C40H38O6S2. The fourth-order valence-electron chi connectivity index (χ4n) is 8.24. The molecule has 5 aromatic rings. The summed E-state index contributed by atoms with van der Waals surface area (Å²) in [5.74, 6) is -1.91. The van der Waals surface area contributed by atoms with Gasteiger partial charge in [-0.2, -0.15) is 0 Å². The third-order valence-corrected chi connectivity index (χ3v) is 15.1. The smallest absolute Gasteiger partial charge is 0.182 e. The summed E-state index contributed by atoms with van der Waals surface area (Å²) >= 11 is 0. The Kier molecular flexibility index (Phi) is 8.50. The highest BCUT2D eigenvalue weighted by Crippen LogP contribution is 2.54. The lowest BCUT2D eigenvalue weighted by molar-refractivity contribution is -0.128. The van der Waals surface area contributed by atoms with E-state index in [1.54, 1.807) is 73.8 Å². The molecule has 48 heavy (non-hydrogen) atoms. The number of ether oxygens (including phenoxy) is 1. The zero-order valence-electron chi connectivity index (χ0n) is 26.9. The molecule has 0 aliphatic heterocycles. The molecule has 0 bridgehead atoms. The van der Waals surface area contributed by atoms with Crippen LogP contribution in [-0.2, 0) is 24.5 Å². The van der Waals surface area contributed by atoms with Crippen LogP contribution in [0.1, 0.15) is 47.8 Å². The van der Waals surface area contributed by atoms with Crippen molar-refractivity contribution in [3.63, 3.8) is 0 Å². The Labute approximate surface area is 282 Å². The Morgan fingerprint density at radius 3 is 1.98 bits per heavy atom. The molecule has 0 radical (unpaired) electrons. The highest BCUT2D eigenvalue weighted by Gasteiger charge is 2.56. The van der Waals surface area contributed by atoms with Crippen LogP contribution in [0.2, 0.25) is 0 Å². The van der Waals surface area contributed by atoms with Crippen LogP contribution in [-0.4, -0.2) is 40.2 Å². The third kappa shape index (κ3) is 5.65. The van der Waals surface area contributed by atoms with E-state index in [1.165, 1.54) is 0 Å². The molecule has 0 aromatic heterocycles. The largest absolute Gasteiger partial charge is 0.497 e. The summed E-state index contributed by atoms with van der Waals surface area (Å²) in [6, 6.07) is 36.3. The summed E-state index contributed by atoms with van der Waals surface area (Å²) in [6.07, 6.45) is 0.312. The monoisotopic (exact) mass is 678 g/mol. The van der Waals surface area contributed by atoms with E-state index in [0.717, 1.165) is 27.5 Å². The van der Waals surface area contributed by atoms with Crippen LogP contribution < -0.4 is 4.74 Å².